The van der Waals surface area contributed by atoms with Crippen LogP contribution in [0.4, 0.5) is 17.6 Å². The minimum absolute atomic E-state index is 0.178. The van der Waals surface area contributed by atoms with E-state index < -0.39 is 17.9 Å². The molecule has 0 aromatic heterocycles. The number of alkyl halides is 3. The van der Waals surface area contributed by atoms with Crippen molar-refractivity contribution in [2.24, 2.45) is 11.8 Å². The van der Waals surface area contributed by atoms with Crippen molar-refractivity contribution in [3.63, 3.8) is 0 Å². The van der Waals surface area contributed by atoms with Crippen LogP contribution < -0.4 is 0 Å². The van der Waals surface area contributed by atoms with Gasteiger partial charge in [0, 0.05) is 17.4 Å². The number of halogens is 4. The molecule has 0 N–H and O–H groups in total. The maximum atomic E-state index is 13.9. The van der Waals surface area contributed by atoms with Crippen LogP contribution >= 0.6 is 0 Å². The van der Waals surface area contributed by atoms with Gasteiger partial charge in [-0.2, -0.15) is 13.2 Å². The van der Waals surface area contributed by atoms with Gasteiger partial charge in [-0.15, -0.1) is 0 Å². The summed E-state index contributed by atoms with van der Waals surface area (Å²) in [6.07, 6.45) is 4.07. The molecule has 1 aliphatic heterocycles. The summed E-state index contributed by atoms with van der Waals surface area (Å²) in [5.41, 5.74) is 4.77. The van der Waals surface area contributed by atoms with Gasteiger partial charge in [0.25, 0.3) is 0 Å². The van der Waals surface area contributed by atoms with Crippen molar-refractivity contribution in [1.29, 1.82) is 0 Å². The van der Waals surface area contributed by atoms with Crippen molar-refractivity contribution in [3.05, 3.63) is 82.7 Å². The van der Waals surface area contributed by atoms with Crippen LogP contribution in [-0.2, 0) is 22.3 Å². The van der Waals surface area contributed by atoms with Gasteiger partial charge >= 0.3 is 6.18 Å². The number of rotatable bonds is 10. The highest BCUT2D eigenvalue weighted by atomic mass is 19.4. The van der Waals surface area contributed by atoms with Crippen molar-refractivity contribution in [2.75, 3.05) is 13.2 Å². The first-order chi connectivity index (χ1) is 18.3. The minimum Gasteiger partial charge on any atom is -0.348 e. The predicted molar refractivity (Wildman–Crippen MR) is 143 cm³/mol. The Balaban J connectivity index is 1.20. The van der Waals surface area contributed by atoms with Crippen LogP contribution in [0.2, 0.25) is 0 Å². The number of allylic oxidation sites excluding steroid dienone is 2. The smallest absolute Gasteiger partial charge is 0.348 e. The zero-order valence-electron chi connectivity index (χ0n) is 22.3. The van der Waals surface area contributed by atoms with E-state index in [4.69, 9.17) is 9.47 Å². The predicted octanol–water partition coefficient (Wildman–Crippen LogP) is 9.40. The lowest BCUT2D eigenvalue weighted by Crippen LogP contribution is -2.27. The lowest BCUT2D eigenvalue weighted by Gasteiger charge is -2.29. The number of aryl methyl sites for hydroxylation is 2. The van der Waals surface area contributed by atoms with Crippen LogP contribution in [0.3, 0.4) is 0 Å². The second-order valence-electron chi connectivity index (χ2n) is 11.0. The third-order valence-corrected chi connectivity index (χ3v) is 8.01. The average molecular weight is 533 g/mol. The van der Waals surface area contributed by atoms with Gasteiger partial charge < -0.3 is 9.47 Å². The fraction of sp³-hybridized carbons (Fsp3) is 0.562. The Bertz CT molecular complexity index is 997. The third kappa shape index (κ3) is 8.67. The molecule has 0 atom stereocenters. The van der Waals surface area contributed by atoms with Crippen molar-refractivity contribution in [1.82, 2.24) is 0 Å². The maximum Gasteiger partial charge on any atom is 0.412 e. The van der Waals surface area contributed by atoms with Crippen molar-refractivity contribution >= 4 is 0 Å². The highest BCUT2D eigenvalue weighted by Crippen LogP contribution is 2.40. The van der Waals surface area contributed by atoms with Gasteiger partial charge in [-0.1, -0.05) is 74.7 Å². The van der Waals surface area contributed by atoms with E-state index in [9.17, 15) is 17.6 Å². The summed E-state index contributed by atoms with van der Waals surface area (Å²) >= 11 is 0. The molecule has 0 radical (unpaired) electrons. The molecule has 208 valence electrons. The Hall–Kier alpha value is -2.18. The molecule has 4 rings (SSSR count). The van der Waals surface area contributed by atoms with Crippen molar-refractivity contribution in [3.8, 4) is 0 Å². The van der Waals surface area contributed by atoms with Crippen molar-refractivity contribution < 1.29 is 27.0 Å². The van der Waals surface area contributed by atoms with E-state index in [1.807, 2.05) is 0 Å². The van der Waals surface area contributed by atoms with E-state index in [-0.39, 0.29) is 18.3 Å². The number of ether oxygens (including phenoxy) is 2. The molecule has 1 saturated heterocycles. The van der Waals surface area contributed by atoms with Gasteiger partial charge in [-0.05, 0) is 67.6 Å². The molecule has 0 spiro atoms. The molecule has 0 bridgehead atoms. The first kappa shape index (κ1) is 28.8. The minimum atomic E-state index is -4.59. The molecule has 2 fully saturated rings. The highest BCUT2D eigenvalue weighted by molar-refractivity contribution is 5.28. The Morgan fingerprint density at radius 3 is 1.89 bits per heavy atom. The Labute approximate surface area is 224 Å². The molecule has 1 saturated carbocycles. The number of hydrogen-bond acceptors (Lipinski definition) is 2. The maximum absolute atomic E-state index is 13.9. The number of hydrogen-bond donors (Lipinski definition) is 0. The monoisotopic (exact) mass is 532 g/mol. The van der Waals surface area contributed by atoms with E-state index in [0.717, 1.165) is 31.6 Å². The van der Waals surface area contributed by atoms with Gasteiger partial charge in [0.05, 0.1) is 19.3 Å². The summed E-state index contributed by atoms with van der Waals surface area (Å²) in [6, 6.07) is 17.0. The van der Waals surface area contributed by atoms with Crippen LogP contribution in [0.25, 0.3) is 0 Å². The molecule has 38 heavy (non-hydrogen) atoms. The first-order valence-electron chi connectivity index (χ1n) is 14.2. The number of unbranched alkanes of at least 4 members (excludes halogenated alkanes) is 2. The van der Waals surface area contributed by atoms with E-state index >= 15 is 0 Å². The average Bonchev–Trinajstić information content (AvgIpc) is 2.92. The molecule has 2 nitrogen and oxygen atoms in total. The summed E-state index contributed by atoms with van der Waals surface area (Å²) in [5.74, 6) is -0.851. The summed E-state index contributed by atoms with van der Waals surface area (Å²) in [6.45, 7) is 3.75. The molecular formula is C32H40F4O2. The van der Waals surface area contributed by atoms with Gasteiger partial charge in [0.1, 0.15) is 5.83 Å². The van der Waals surface area contributed by atoms with Crippen LogP contribution in [0.15, 0.2) is 60.4 Å². The molecule has 1 aliphatic carbocycles. The molecule has 1 heterocycles. The van der Waals surface area contributed by atoms with E-state index in [2.05, 4.69) is 55.5 Å². The van der Waals surface area contributed by atoms with E-state index in [1.165, 1.54) is 42.4 Å². The second kappa shape index (κ2) is 13.7. The zero-order chi connectivity index (χ0) is 27.0. The molecule has 2 aliphatic rings. The molecule has 2 aromatic carbocycles. The van der Waals surface area contributed by atoms with Gasteiger partial charge in [0.2, 0.25) is 0 Å². The van der Waals surface area contributed by atoms with E-state index in [1.54, 1.807) is 0 Å². The standard InChI is InChI=1S/C32H40F4O2/c1-2-3-4-5-25-21-37-31(38-22-25)29-14-10-24(11-15-29)7-6-23-8-12-26(13-9-23)27-16-18-28(19-17-27)30(33)20-32(34,35)36/h8-15,20,25,27-28,31H,2-7,16-19,21-22H2,1H3/b30-20-. The molecular weight excluding hydrogens is 492 g/mol. The van der Waals surface area contributed by atoms with Crippen LogP contribution in [-0.4, -0.2) is 19.4 Å². The first-order valence-corrected chi connectivity index (χ1v) is 14.2. The summed E-state index contributed by atoms with van der Waals surface area (Å²) in [4.78, 5) is 0. The number of benzene rings is 2. The third-order valence-electron chi connectivity index (χ3n) is 8.01. The lowest BCUT2D eigenvalue weighted by atomic mass is 9.78. The molecule has 0 amide bonds. The fourth-order valence-electron chi connectivity index (χ4n) is 5.65. The summed E-state index contributed by atoms with van der Waals surface area (Å²) < 4.78 is 63.2. The fourth-order valence-corrected chi connectivity index (χ4v) is 5.65. The van der Waals surface area contributed by atoms with Crippen molar-refractivity contribution in [2.45, 2.75) is 89.5 Å². The quantitative estimate of drug-likeness (QED) is 0.224. The van der Waals surface area contributed by atoms with Crippen LogP contribution in [0.1, 0.15) is 92.8 Å². The van der Waals surface area contributed by atoms with Gasteiger partial charge in [-0.3, -0.25) is 0 Å². The Morgan fingerprint density at radius 1 is 0.816 bits per heavy atom. The molecule has 6 heteroatoms. The van der Waals surface area contributed by atoms with E-state index in [0.29, 0.717) is 31.6 Å². The normalized spacial score (nSPS) is 24.9. The van der Waals surface area contributed by atoms with Crippen LogP contribution in [0, 0.1) is 11.8 Å². The largest absolute Gasteiger partial charge is 0.412 e. The summed E-state index contributed by atoms with van der Waals surface area (Å²) in [7, 11) is 0. The zero-order valence-corrected chi connectivity index (χ0v) is 22.3. The SMILES string of the molecule is CCCCCC1COC(c2ccc(CCc3ccc(C4CCC(/C(F)=C/C(F)(F)F)CC4)cc3)cc2)OC1. The molecule has 0 unspecified atom stereocenters. The Morgan fingerprint density at radius 2 is 1.37 bits per heavy atom. The van der Waals surface area contributed by atoms with Gasteiger partial charge in [0.15, 0.2) is 6.29 Å². The second-order valence-corrected chi connectivity index (χ2v) is 11.0. The van der Waals surface area contributed by atoms with Crippen LogP contribution in [0.5, 0.6) is 0 Å². The van der Waals surface area contributed by atoms with Gasteiger partial charge in [-0.25, -0.2) is 4.39 Å². The topological polar surface area (TPSA) is 18.5 Å². The Kier molecular flexibility index (Phi) is 10.4. The summed E-state index contributed by atoms with van der Waals surface area (Å²) in [5, 5.41) is 0. The highest BCUT2D eigenvalue weighted by Gasteiger charge is 2.30. The lowest BCUT2D eigenvalue weighted by molar-refractivity contribution is -0.206. The molecule has 2 aromatic rings.